The van der Waals surface area contributed by atoms with Gasteiger partial charge in [0.25, 0.3) is 0 Å². The van der Waals surface area contributed by atoms with Gasteiger partial charge in [-0.1, -0.05) is 98.8 Å². The normalized spacial score (nSPS) is 17.6. The lowest BCUT2D eigenvalue weighted by Crippen LogP contribution is -2.63. The predicted octanol–water partition coefficient (Wildman–Crippen LogP) is 5.26. The third-order valence-corrected chi connectivity index (χ3v) is 9.26. The highest BCUT2D eigenvalue weighted by atomic mass is 16.2. The molecule has 1 heterocycles. The first-order valence-corrected chi connectivity index (χ1v) is 17.0. The van der Waals surface area contributed by atoms with Crippen LogP contribution in [0.15, 0.2) is 89.9 Å². The number of guanidine groups is 1. The lowest BCUT2D eigenvalue weighted by molar-refractivity contribution is -0.142. The highest BCUT2D eigenvalue weighted by Crippen LogP contribution is 2.26. The highest BCUT2D eigenvalue weighted by molar-refractivity contribution is 5.88. The van der Waals surface area contributed by atoms with E-state index in [9.17, 15) is 9.59 Å². The van der Waals surface area contributed by atoms with Crippen LogP contribution in [0.3, 0.4) is 0 Å². The average Bonchev–Trinajstić information content (AvgIpc) is 3.05. The van der Waals surface area contributed by atoms with Crippen molar-refractivity contribution in [2.75, 3.05) is 26.2 Å². The lowest BCUT2D eigenvalue weighted by atomic mass is 9.93. The van der Waals surface area contributed by atoms with E-state index in [2.05, 4.69) is 107 Å². The monoisotopic (exact) mass is 634 g/mol. The van der Waals surface area contributed by atoms with Crippen LogP contribution in [0.2, 0.25) is 0 Å². The van der Waals surface area contributed by atoms with Crippen molar-refractivity contribution in [3.8, 4) is 0 Å². The van der Waals surface area contributed by atoms with E-state index in [4.69, 9.17) is 11.5 Å². The number of aliphatic imine (C=N–C) groups is 1. The quantitative estimate of drug-likeness (QED) is 0.105. The Morgan fingerprint density at radius 2 is 1.47 bits per heavy atom. The molecule has 8 heteroatoms. The highest BCUT2D eigenvalue weighted by Gasteiger charge is 2.38. The molecule has 3 atom stereocenters. The molecule has 0 aliphatic carbocycles. The van der Waals surface area contributed by atoms with Crippen molar-refractivity contribution in [1.29, 1.82) is 0 Å². The number of hydrogen-bond acceptors (Lipinski definition) is 4. The van der Waals surface area contributed by atoms with E-state index in [1.165, 1.54) is 23.3 Å². The number of fused-ring (bicyclic) bond motifs is 2. The number of benzene rings is 4. The fraction of sp³-hybridized carbons (Fsp3) is 0.410. The van der Waals surface area contributed by atoms with Gasteiger partial charge >= 0.3 is 0 Å². The van der Waals surface area contributed by atoms with Crippen molar-refractivity contribution >= 4 is 39.3 Å². The van der Waals surface area contributed by atoms with Crippen LogP contribution in [0.4, 0.5) is 0 Å². The lowest BCUT2D eigenvalue weighted by Gasteiger charge is -2.48. The van der Waals surface area contributed by atoms with Gasteiger partial charge in [-0.15, -0.1) is 0 Å². The summed E-state index contributed by atoms with van der Waals surface area (Å²) < 4.78 is 0. The maximum Gasteiger partial charge on any atom is 0.245 e. The standard InChI is InChI=1S/C39H50N6O2/c1-27(2)21-36-26-45(38(47)37(43-28(3)46)24-30-15-17-32-10-5-7-12-34(32)23-30)35(13-8-19-42-39(40)41)25-44(36)20-18-29-14-16-31-9-4-6-11-33(31)22-29/h4-7,9-12,14-17,22-23,27,35-37H,8,13,18-21,24-26H2,1-3H3,(H,43,46)(H4,40,41,42)/t35-,36+,37?/m0/s1. The zero-order valence-corrected chi connectivity index (χ0v) is 28.1. The van der Waals surface area contributed by atoms with Crippen LogP contribution in [0.5, 0.6) is 0 Å². The number of rotatable bonds is 13. The molecule has 8 nitrogen and oxygen atoms in total. The first-order chi connectivity index (χ1) is 22.7. The van der Waals surface area contributed by atoms with Crippen molar-refractivity contribution < 1.29 is 9.59 Å². The molecule has 1 aliphatic rings. The summed E-state index contributed by atoms with van der Waals surface area (Å²) in [5, 5.41) is 7.78. The minimum absolute atomic E-state index is 0.0235. The SMILES string of the molecule is CC(=O)NC(Cc1ccc2ccccc2c1)C(=O)N1C[C@@H](CC(C)C)N(CCc2ccc3ccccc3c2)C[C@@H]1CCCN=C(N)N. The minimum atomic E-state index is -0.655. The maximum absolute atomic E-state index is 14.5. The number of carbonyl (C=O) groups excluding carboxylic acids is 2. The van der Waals surface area contributed by atoms with Gasteiger partial charge in [0.05, 0.1) is 0 Å². The van der Waals surface area contributed by atoms with Crippen LogP contribution in [-0.2, 0) is 22.4 Å². The number of amides is 2. The van der Waals surface area contributed by atoms with Gasteiger partial charge in [0, 0.05) is 51.6 Å². The molecule has 0 bridgehead atoms. The van der Waals surface area contributed by atoms with E-state index in [1.54, 1.807) is 0 Å². The summed E-state index contributed by atoms with van der Waals surface area (Å²) in [6, 6.07) is 29.2. The smallest absolute Gasteiger partial charge is 0.245 e. The van der Waals surface area contributed by atoms with E-state index in [0.717, 1.165) is 55.1 Å². The van der Waals surface area contributed by atoms with Gasteiger partial charge in [0.2, 0.25) is 11.8 Å². The third kappa shape index (κ3) is 9.32. The second-order valence-corrected chi connectivity index (χ2v) is 13.4. The molecular formula is C39H50N6O2. The molecule has 2 amide bonds. The van der Waals surface area contributed by atoms with Gasteiger partial charge in [-0.2, -0.15) is 0 Å². The van der Waals surface area contributed by atoms with Crippen molar-refractivity contribution in [1.82, 2.24) is 15.1 Å². The molecule has 0 radical (unpaired) electrons. The zero-order valence-electron chi connectivity index (χ0n) is 28.1. The molecule has 5 N–H and O–H groups in total. The number of carbonyl (C=O) groups is 2. The first-order valence-electron chi connectivity index (χ1n) is 17.0. The van der Waals surface area contributed by atoms with Gasteiger partial charge < -0.3 is 21.7 Å². The molecule has 0 saturated carbocycles. The van der Waals surface area contributed by atoms with Crippen molar-refractivity contribution in [3.05, 3.63) is 96.1 Å². The Balaban J connectivity index is 1.38. The Morgan fingerprint density at radius 1 is 0.851 bits per heavy atom. The van der Waals surface area contributed by atoms with E-state index < -0.39 is 6.04 Å². The van der Waals surface area contributed by atoms with Crippen molar-refractivity contribution in [2.24, 2.45) is 22.4 Å². The summed E-state index contributed by atoms with van der Waals surface area (Å²) >= 11 is 0. The second kappa shape index (κ2) is 15.9. The molecule has 248 valence electrons. The number of piperazine rings is 1. The Bertz CT molecular complexity index is 1700. The average molecular weight is 635 g/mol. The zero-order chi connectivity index (χ0) is 33.3. The Morgan fingerprint density at radius 3 is 2.09 bits per heavy atom. The number of hydrogen-bond donors (Lipinski definition) is 3. The Kier molecular flexibility index (Phi) is 11.5. The Labute approximate surface area is 279 Å². The summed E-state index contributed by atoms with van der Waals surface area (Å²) in [7, 11) is 0. The molecule has 4 aromatic carbocycles. The van der Waals surface area contributed by atoms with Crippen LogP contribution in [0.25, 0.3) is 21.5 Å². The van der Waals surface area contributed by atoms with E-state index >= 15 is 0 Å². The van der Waals surface area contributed by atoms with Gasteiger partial charge in [-0.3, -0.25) is 19.5 Å². The van der Waals surface area contributed by atoms with Crippen LogP contribution < -0.4 is 16.8 Å². The molecule has 47 heavy (non-hydrogen) atoms. The third-order valence-electron chi connectivity index (χ3n) is 9.26. The molecule has 0 aromatic heterocycles. The van der Waals surface area contributed by atoms with Gasteiger partial charge in [0.1, 0.15) is 6.04 Å². The van der Waals surface area contributed by atoms with E-state index in [0.29, 0.717) is 25.4 Å². The summed E-state index contributed by atoms with van der Waals surface area (Å²) in [5.74, 6) is 0.323. The number of nitrogens with two attached hydrogens (primary N) is 2. The first kappa shape index (κ1) is 33.9. The molecule has 5 rings (SSSR count). The van der Waals surface area contributed by atoms with Gasteiger partial charge in [-0.05, 0) is 64.3 Å². The summed E-state index contributed by atoms with van der Waals surface area (Å²) in [5.41, 5.74) is 13.6. The Hall–Kier alpha value is -4.43. The van der Waals surface area contributed by atoms with Gasteiger partial charge in [0.15, 0.2) is 5.96 Å². The second-order valence-electron chi connectivity index (χ2n) is 13.4. The van der Waals surface area contributed by atoms with Crippen LogP contribution >= 0.6 is 0 Å². The molecule has 1 fully saturated rings. The molecular weight excluding hydrogens is 584 g/mol. The van der Waals surface area contributed by atoms with Crippen molar-refractivity contribution in [2.45, 2.75) is 71.0 Å². The van der Waals surface area contributed by atoms with Crippen LogP contribution in [-0.4, -0.2) is 71.9 Å². The molecule has 1 unspecified atom stereocenters. The number of nitrogens with zero attached hydrogens (tertiary/aromatic N) is 3. The fourth-order valence-electron chi connectivity index (χ4n) is 7.02. The minimum Gasteiger partial charge on any atom is -0.370 e. The molecule has 0 spiro atoms. The van der Waals surface area contributed by atoms with Crippen LogP contribution in [0.1, 0.15) is 51.2 Å². The van der Waals surface area contributed by atoms with Crippen molar-refractivity contribution in [3.63, 3.8) is 0 Å². The van der Waals surface area contributed by atoms with Crippen LogP contribution in [0, 0.1) is 5.92 Å². The fourth-order valence-corrected chi connectivity index (χ4v) is 7.02. The summed E-state index contributed by atoms with van der Waals surface area (Å²) in [6.07, 6.45) is 3.88. The maximum atomic E-state index is 14.5. The van der Waals surface area contributed by atoms with Gasteiger partial charge in [-0.25, -0.2) is 0 Å². The van der Waals surface area contributed by atoms with E-state index in [-0.39, 0.29) is 29.9 Å². The van der Waals surface area contributed by atoms with E-state index in [1.807, 2.05) is 12.1 Å². The molecule has 1 aliphatic heterocycles. The largest absolute Gasteiger partial charge is 0.370 e. The topological polar surface area (TPSA) is 117 Å². The predicted molar refractivity (Wildman–Crippen MR) is 193 cm³/mol. The summed E-state index contributed by atoms with van der Waals surface area (Å²) in [4.78, 5) is 35.8. The molecule has 4 aromatic rings. The number of nitrogens with one attached hydrogen (secondary N) is 1. The molecule has 1 saturated heterocycles. The summed E-state index contributed by atoms with van der Waals surface area (Å²) in [6.45, 7) is 8.79.